The van der Waals surface area contributed by atoms with Crippen LogP contribution in [0.2, 0.25) is 0 Å². The summed E-state index contributed by atoms with van der Waals surface area (Å²) in [6.45, 7) is 7.48. The number of aryl methyl sites for hydroxylation is 4. The smallest absolute Gasteiger partial charge is 0.309 e. The van der Waals surface area contributed by atoms with Crippen molar-refractivity contribution in [2.24, 2.45) is 0 Å². The third kappa shape index (κ3) is 9.64. The molecule has 0 amide bonds. The first-order valence-electron chi connectivity index (χ1n) is 20.0. The van der Waals surface area contributed by atoms with Gasteiger partial charge in [-0.05, 0) is 98.2 Å². The fourth-order valence-electron chi connectivity index (χ4n) is 8.10. The lowest BCUT2D eigenvalue weighted by Crippen LogP contribution is -2.26. The van der Waals surface area contributed by atoms with Gasteiger partial charge in [0.1, 0.15) is 0 Å². The second kappa shape index (κ2) is 19.4. The van der Waals surface area contributed by atoms with Crippen LogP contribution in [0.25, 0.3) is 33.2 Å². The first-order chi connectivity index (χ1) is 29.5. The highest BCUT2D eigenvalue weighted by molar-refractivity contribution is 5.89. The van der Waals surface area contributed by atoms with E-state index in [2.05, 4.69) is 9.97 Å². The van der Waals surface area contributed by atoms with Crippen LogP contribution in [-0.4, -0.2) is 98.4 Å². The number of rotatable bonds is 14. The Morgan fingerprint density at radius 2 is 0.887 bits per heavy atom. The van der Waals surface area contributed by atoms with Gasteiger partial charge in [0.15, 0.2) is 0 Å². The number of aromatic amines is 2. The molecule has 2 aliphatic rings. The number of hydrogen-bond acceptors (Lipinski definition) is 14. The van der Waals surface area contributed by atoms with Gasteiger partial charge in [0.2, 0.25) is 0 Å². The summed E-state index contributed by atoms with van der Waals surface area (Å²) in [6, 6.07) is 7.29. The zero-order chi connectivity index (χ0) is 45.5. The summed E-state index contributed by atoms with van der Waals surface area (Å²) >= 11 is 0. The Hall–Kier alpha value is -6.58. The highest BCUT2D eigenvalue weighted by Gasteiger charge is 2.44. The standard InChI is InChI=1S/C46H54N4O12/c1-25-27(11-15-39(51)57-5)33-20-34-28(12-16-40(52)58-6)26(2)32(48-34)21-37-46(4,24-44(56)62-10)30(14-18-42(54)60-8)36(50-37)22-38-45(3,23-43(55)61-9)29(13-17-41(53)59-7)35(49-38)19-31(25)47-33/h13-14,19-22,47-48H,11-12,15-18,23-24H2,1-10H3/b29-13+,30-14+,31-19?,32-21?,33-20?,34-20?,35-19?,36-22?,37-21?,38-22?/t45-,46-/m1/s1. The fourth-order valence-corrected chi connectivity index (χ4v) is 8.10. The van der Waals surface area contributed by atoms with Crippen LogP contribution >= 0.6 is 0 Å². The Morgan fingerprint density at radius 1 is 0.516 bits per heavy atom. The Morgan fingerprint density at radius 3 is 1.29 bits per heavy atom. The first kappa shape index (κ1) is 46.5. The lowest BCUT2D eigenvalue weighted by molar-refractivity contribution is -0.142. The quantitative estimate of drug-likeness (QED) is 0.139. The molecule has 0 radical (unpaired) electrons. The number of ether oxygens (including phenoxy) is 6. The van der Waals surface area contributed by atoms with E-state index in [9.17, 15) is 28.8 Å². The highest BCUT2D eigenvalue weighted by atomic mass is 16.5. The number of allylic oxidation sites excluding steroid dienone is 2. The predicted molar refractivity (Wildman–Crippen MR) is 228 cm³/mol. The largest absolute Gasteiger partial charge is 0.469 e. The van der Waals surface area contributed by atoms with Crippen LogP contribution in [0.5, 0.6) is 0 Å². The van der Waals surface area contributed by atoms with Crippen molar-refractivity contribution in [1.82, 2.24) is 19.9 Å². The number of nitrogens with one attached hydrogen (secondary N) is 2. The van der Waals surface area contributed by atoms with Gasteiger partial charge in [-0.3, -0.25) is 38.7 Å². The summed E-state index contributed by atoms with van der Waals surface area (Å²) in [5.41, 5.74) is 6.10. The van der Waals surface area contributed by atoms with Gasteiger partial charge < -0.3 is 38.4 Å². The number of carbonyl (C=O) groups is 6. The van der Waals surface area contributed by atoms with E-state index in [-0.39, 0.29) is 38.5 Å². The zero-order valence-corrected chi connectivity index (χ0v) is 36.9. The number of hydrogen-bond donors (Lipinski definition) is 2. The molecule has 0 fully saturated rings. The van der Waals surface area contributed by atoms with Crippen molar-refractivity contribution in [1.29, 1.82) is 0 Å². The number of nitrogens with zero attached hydrogens (tertiary/aromatic N) is 2. The molecule has 0 aliphatic carbocycles. The fraction of sp³-hybridized carbons (Fsp3) is 0.435. The van der Waals surface area contributed by atoms with Gasteiger partial charge in [-0.25, -0.2) is 0 Å². The van der Waals surface area contributed by atoms with Crippen molar-refractivity contribution < 1.29 is 57.2 Å². The van der Waals surface area contributed by atoms with Crippen LogP contribution in [0.4, 0.5) is 0 Å². The van der Waals surface area contributed by atoms with Crippen LogP contribution in [0.1, 0.15) is 97.4 Å². The van der Waals surface area contributed by atoms with E-state index >= 15 is 0 Å². The Labute approximate surface area is 359 Å². The normalized spacial score (nSPS) is 18.3. The minimum absolute atomic E-state index is 0.0885. The number of carbonyl (C=O) groups excluding carboxylic acids is 6. The van der Waals surface area contributed by atoms with Gasteiger partial charge in [-0.1, -0.05) is 12.2 Å². The average Bonchev–Trinajstić information content (AvgIpc) is 3.88. The SMILES string of the molecule is COC(=O)C/C=C1\c2cc3[nH]c(cc4[nH]c(cc5nc(cc(n2)[C@]1(C)CC(=O)OC)/C(=C\CC(=O)OC)[C@@]5(C)CC(=O)OC)c(C)c4CCC(=O)OC)c(CCC(=O)OC)c3C. The molecule has 330 valence electrons. The zero-order valence-electron chi connectivity index (χ0n) is 36.9. The topological polar surface area (TPSA) is 215 Å². The van der Waals surface area contributed by atoms with Gasteiger partial charge in [-0.15, -0.1) is 0 Å². The van der Waals surface area contributed by atoms with Gasteiger partial charge in [0.25, 0.3) is 0 Å². The van der Waals surface area contributed by atoms with E-state index < -0.39 is 46.6 Å². The van der Waals surface area contributed by atoms with Crippen LogP contribution in [0, 0.1) is 13.8 Å². The molecule has 16 heteroatoms. The van der Waals surface area contributed by atoms with Crippen LogP contribution in [0.3, 0.4) is 0 Å². The molecule has 62 heavy (non-hydrogen) atoms. The van der Waals surface area contributed by atoms with E-state index in [4.69, 9.17) is 38.4 Å². The molecular formula is C46H54N4O12. The summed E-state index contributed by atoms with van der Waals surface area (Å²) in [5.74, 6) is -2.91. The van der Waals surface area contributed by atoms with Crippen LogP contribution < -0.4 is 0 Å². The highest BCUT2D eigenvalue weighted by Crippen LogP contribution is 2.48. The molecule has 5 rings (SSSR count). The monoisotopic (exact) mass is 854 g/mol. The van der Waals surface area contributed by atoms with Gasteiger partial charge >= 0.3 is 35.8 Å². The third-order valence-electron chi connectivity index (χ3n) is 11.8. The van der Waals surface area contributed by atoms with E-state index in [0.717, 1.165) is 22.3 Å². The molecular weight excluding hydrogens is 801 g/mol. The van der Waals surface area contributed by atoms with Crippen molar-refractivity contribution in [2.45, 2.75) is 89.9 Å². The Kier molecular flexibility index (Phi) is 14.6. The maximum absolute atomic E-state index is 13.3. The molecule has 0 unspecified atom stereocenters. The molecule has 5 heterocycles. The van der Waals surface area contributed by atoms with Crippen molar-refractivity contribution in [3.63, 3.8) is 0 Å². The Bertz CT molecular complexity index is 2530. The van der Waals surface area contributed by atoms with Gasteiger partial charge in [0, 0.05) is 45.7 Å². The summed E-state index contributed by atoms with van der Waals surface area (Å²) in [6.07, 6.45) is 3.48. The molecule has 2 atom stereocenters. The number of aromatic nitrogens is 4. The predicted octanol–water partition coefficient (Wildman–Crippen LogP) is 6.08. The molecule has 2 N–H and O–H groups in total. The summed E-state index contributed by atoms with van der Waals surface area (Å²) in [7, 11) is 7.80. The van der Waals surface area contributed by atoms with Crippen molar-refractivity contribution in [3.05, 3.63) is 81.4 Å². The minimum atomic E-state index is -1.20. The van der Waals surface area contributed by atoms with E-state index in [1.165, 1.54) is 42.7 Å². The van der Waals surface area contributed by atoms with E-state index in [1.54, 1.807) is 18.2 Å². The molecule has 0 saturated heterocycles. The van der Waals surface area contributed by atoms with Gasteiger partial charge in [-0.2, -0.15) is 0 Å². The van der Waals surface area contributed by atoms with E-state index in [0.29, 0.717) is 68.8 Å². The average molecular weight is 855 g/mol. The molecule has 0 spiro atoms. The summed E-state index contributed by atoms with van der Waals surface area (Å²) < 4.78 is 30.4. The lowest BCUT2D eigenvalue weighted by Gasteiger charge is -2.26. The van der Waals surface area contributed by atoms with Crippen LogP contribution in [-0.2, 0) is 80.9 Å². The molecule has 3 aromatic rings. The van der Waals surface area contributed by atoms with E-state index in [1.807, 2.05) is 45.9 Å². The first-order valence-corrected chi connectivity index (χ1v) is 20.0. The molecule has 2 aliphatic heterocycles. The number of H-pyrrole nitrogens is 2. The number of methoxy groups -OCH3 is 6. The Balaban J connectivity index is 2.05. The summed E-state index contributed by atoms with van der Waals surface area (Å²) in [5, 5.41) is 0. The van der Waals surface area contributed by atoms with Crippen molar-refractivity contribution in [3.8, 4) is 0 Å². The second-order valence-corrected chi connectivity index (χ2v) is 15.6. The maximum atomic E-state index is 13.3. The molecule has 16 nitrogen and oxygen atoms in total. The lowest BCUT2D eigenvalue weighted by atomic mass is 9.74. The number of esters is 6. The summed E-state index contributed by atoms with van der Waals surface area (Å²) in [4.78, 5) is 94.2. The molecule has 0 aromatic carbocycles. The van der Waals surface area contributed by atoms with Gasteiger partial charge in [0.05, 0.1) is 91.1 Å². The van der Waals surface area contributed by atoms with Crippen LogP contribution in [0.15, 0.2) is 36.4 Å². The molecule has 0 saturated carbocycles. The second-order valence-electron chi connectivity index (χ2n) is 15.6. The molecule has 8 bridgehead atoms. The maximum Gasteiger partial charge on any atom is 0.309 e. The third-order valence-corrected chi connectivity index (χ3v) is 11.8. The van der Waals surface area contributed by atoms with Crippen molar-refractivity contribution >= 4 is 69.0 Å². The minimum Gasteiger partial charge on any atom is -0.469 e. The molecule has 3 aromatic heterocycles. The number of fused-ring (bicyclic) bond motifs is 8. The van der Waals surface area contributed by atoms with Crippen molar-refractivity contribution in [2.75, 3.05) is 42.7 Å².